The maximum Gasteiger partial charge on any atom is 0.0355 e. The third-order valence-electron chi connectivity index (χ3n) is 7.85. The van der Waals surface area contributed by atoms with Gasteiger partial charge in [-0.15, -0.1) is 11.3 Å². The van der Waals surface area contributed by atoms with Gasteiger partial charge in [0.25, 0.3) is 0 Å². The molecule has 0 saturated carbocycles. The SMILES string of the molecule is c1ccc2cc(-c3ccc4cc(-c5ccc(-c6ccc7sc8ccccc8c7c6)cc5)ccc4c3)ccc2c1. The van der Waals surface area contributed by atoms with Gasteiger partial charge in [0.1, 0.15) is 0 Å². The number of hydrogen-bond donors (Lipinski definition) is 0. The van der Waals surface area contributed by atoms with Crippen molar-refractivity contribution in [2.75, 3.05) is 0 Å². The van der Waals surface area contributed by atoms with Crippen LogP contribution in [-0.2, 0) is 0 Å². The van der Waals surface area contributed by atoms with E-state index >= 15 is 0 Å². The van der Waals surface area contributed by atoms with Crippen LogP contribution in [0.5, 0.6) is 0 Å². The molecule has 8 rings (SSSR count). The van der Waals surface area contributed by atoms with Gasteiger partial charge in [0.2, 0.25) is 0 Å². The second-order valence-corrected chi connectivity index (χ2v) is 11.3. The van der Waals surface area contributed by atoms with E-state index in [0.29, 0.717) is 0 Å². The summed E-state index contributed by atoms with van der Waals surface area (Å²) in [4.78, 5) is 0. The van der Waals surface area contributed by atoms with Gasteiger partial charge in [0.15, 0.2) is 0 Å². The van der Waals surface area contributed by atoms with Gasteiger partial charge in [-0.1, -0.05) is 109 Å². The molecule has 0 radical (unpaired) electrons. The van der Waals surface area contributed by atoms with Crippen LogP contribution in [-0.4, -0.2) is 0 Å². The van der Waals surface area contributed by atoms with Gasteiger partial charge < -0.3 is 0 Å². The van der Waals surface area contributed by atoms with Crippen molar-refractivity contribution < 1.29 is 0 Å². The van der Waals surface area contributed by atoms with Crippen molar-refractivity contribution in [3.05, 3.63) is 146 Å². The van der Waals surface area contributed by atoms with Crippen LogP contribution in [0.2, 0.25) is 0 Å². The molecule has 1 heterocycles. The van der Waals surface area contributed by atoms with E-state index < -0.39 is 0 Å². The second kappa shape index (κ2) is 8.94. The number of fused-ring (bicyclic) bond motifs is 5. The molecule has 0 unspecified atom stereocenters. The molecular formula is C38H24S. The predicted octanol–water partition coefficient (Wildman–Crippen LogP) is 11.4. The molecule has 0 amide bonds. The zero-order valence-corrected chi connectivity index (χ0v) is 22.1. The summed E-state index contributed by atoms with van der Waals surface area (Å²) in [6, 6.07) is 53.4. The lowest BCUT2D eigenvalue weighted by atomic mass is 9.95. The molecule has 0 nitrogen and oxygen atoms in total. The lowest BCUT2D eigenvalue weighted by molar-refractivity contribution is 1.62. The molecule has 0 bridgehead atoms. The topological polar surface area (TPSA) is 0 Å². The molecule has 0 spiro atoms. The normalized spacial score (nSPS) is 11.6. The Morgan fingerprint density at radius 2 is 0.718 bits per heavy atom. The largest absolute Gasteiger partial charge is 0.135 e. The highest BCUT2D eigenvalue weighted by Gasteiger charge is 2.08. The van der Waals surface area contributed by atoms with Gasteiger partial charge in [0, 0.05) is 20.2 Å². The zero-order chi connectivity index (χ0) is 25.8. The van der Waals surface area contributed by atoms with Crippen LogP contribution >= 0.6 is 11.3 Å². The standard InChI is InChI=1S/C38H24S/c1-2-6-28-21-30(14-13-25(28)5-1)33-18-17-31-22-29(15-16-32(31)23-33)26-9-11-27(12-10-26)34-19-20-38-36(24-34)35-7-3-4-8-37(35)39-38/h1-24H. The molecule has 39 heavy (non-hydrogen) atoms. The first-order valence-electron chi connectivity index (χ1n) is 13.3. The van der Waals surface area contributed by atoms with Gasteiger partial charge in [0.05, 0.1) is 0 Å². The number of thiophene rings is 1. The van der Waals surface area contributed by atoms with Crippen molar-refractivity contribution in [2.24, 2.45) is 0 Å². The molecule has 1 heteroatoms. The molecule has 0 atom stereocenters. The zero-order valence-electron chi connectivity index (χ0n) is 21.3. The van der Waals surface area contributed by atoms with Crippen molar-refractivity contribution in [1.29, 1.82) is 0 Å². The van der Waals surface area contributed by atoms with Crippen LogP contribution < -0.4 is 0 Å². The van der Waals surface area contributed by atoms with E-state index in [1.165, 1.54) is 75.1 Å². The first kappa shape index (κ1) is 22.3. The lowest BCUT2D eigenvalue weighted by Gasteiger charge is -2.09. The molecule has 7 aromatic carbocycles. The summed E-state index contributed by atoms with van der Waals surface area (Å²) >= 11 is 1.87. The Morgan fingerprint density at radius 1 is 0.282 bits per heavy atom. The third kappa shape index (κ3) is 3.91. The van der Waals surface area contributed by atoms with Gasteiger partial charge in [-0.3, -0.25) is 0 Å². The number of rotatable bonds is 3. The Balaban J connectivity index is 1.11. The average molecular weight is 513 g/mol. The van der Waals surface area contributed by atoms with Crippen molar-refractivity contribution in [3.8, 4) is 33.4 Å². The van der Waals surface area contributed by atoms with E-state index in [2.05, 4.69) is 146 Å². The third-order valence-corrected chi connectivity index (χ3v) is 9.00. The Labute approximate surface area is 231 Å². The molecule has 0 aliphatic heterocycles. The molecule has 8 aromatic rings. The minimum atomic E-state index is 1.24. The fourth-order valence-electron chi connectivity index (χ4n) is 5.73. The van der Waals surface area contributed by atoms with E-state index in [1.807, 2.05) is 11.3 Å². The molecule has 1 aromatic heterocycles. The maximum absolute atomic E-state index is 2.34. The van der Waals surface area contributed by atoms with Gasteiger partial charge >= 0.3 is 0 Å². The fraction of sp³-hybridized carbons (Fsp3) is 0. The molecule has 0 aliphatic rings. The minimum absolute atomic E-state index is 1.24. The summed E-state index contributed by atoms with van der Waals surface area (Å²) in [5, 5.41) is 7.76. The highest BCUT2D eigenvalue weighted by molar-refractivity contribution is 7.25. The Hall–Kier alpha value is -4.72. The van der Waals surface area contributed by atoms with Gasteiger partial charge in [-0.25, -0.2) is 0 Å². The fourth-order valence-corrected chi connectivity index (χ4v) is 6.82. The Morgan fingerprint density at radius 3 is 1.41 bits per heavy atom. The lowest BCUT2D eigenvalue weighted by Crippen LogP contribution is -1.83. The molecule has 0 fully saturated rings. The Kier molecular flexibility index (Phi) is 5.11. The average Bonchev–Trinajstić information content (AvgIpc) is 3.38. The Bertz CT molecular complexity index is 2160. The van der Waals surface area contributed by atoms with Crippen molar-refractivity contribution in [1.82, 2.24) is 0 Å². The summed E-state index contributed by atoms with van der Waals surface area (Å²) in [5.41, 5.74) is 7.49. The van der Waals surface area contributed by atoms with E-state index in [1.54, 1.807) is 0 Å². The first-order valence-corrected chi connectivity index (χ1v) is 14.2. The second-order valence-electron chi connectivity index (χ2n) is 10.2. The summed E-state index contributed by atoms with van der Waals surface area (Å²) in [7, 11) is 0. The van der Waals surface area contributed by atoms with Gasteiger partial charge in [-0.05, 0) is 91.3 Å². The van der Waals surface area contributed by atoms with Crippen LogP contribution in [0, 0.1) is 0 Å². The van der Waals surface area contributed by atoms with E-state index in [-0.39, 0.29) is 0 Å². The minimum Gasteiger partial charge on any atom is -0.135 e. The van der Waals surface area contributed by atoms with Crippen molar-refractivity contribution in [3.63, 3.8) is 0 Å². The quantitative estimate of drug-likeness (QED) is 0.221. The van der Waals surface area contributed by atoms with E-state index in [9.17, 15) is 0 Å². The molecule has 0 saturated heterocycles. The summed E-state index contributed by atoms with van der Waals surface area (Å²) < 4.78 is 2.69. The smallest absolute Gasteiger partial charge is 0.0355 e. The first-order chi connectivity index (χ1) is 19.3. The molecule has 0 N–H and O–H groups in total. The van der Waals surface area contributed by atoms with Crippen molar-refractivity contribution in [2.45, 2.75) is 0 Å². The van der Waals surface area contributed by atoms with E-state index in [4.69, 9.17) is 0 Å². The van der Waals surface area contributed by atoms with Crippen molar-refractivity contribution >= 4 is 53.1 Å². The highest BCUT2D eigenvalue weighted by atomic mass is 32.1. The molecular weight excluding hydrogens is 488 g/mol. The summed E-state index contributed by atoms with van der Waals surface area (Å²) in [6.45, 7) is 0. The van der Waals surface area contributed by atoms with Crippen LogP contribution in [0.15, 0.2) is 146 Å². The maximum atomic E-state index is 2.34. The highest BCUT2D eigenvalue weighted by Crippen LogP contribution is 2.37. The number of benzene rings is 7. The predicted molar refractivity (Wildman–Crippen MR) is 171 cm³/mol. The van der Waals surface area contributed by atoms with Crippen LogP contribution in [0.4, 0.5) is 0 Å². The monoisotopic (exact) mass is 512 g/mol. The molecule has 0 aliphatic carbocycles. The van der Waals surface area contributed by atoms with E-state index in [0.717, 1.165) is 0 Å². The summed E-state index contributed by atoms with van der Waals surface area (Å²) in [5.74, 6) is 0. The van der Waals surface area contributed by atoms with Crippen LogP contribution in [0.1, 0.15) is 0 Å². The van der Waals surface area contributed by atoms with Gasteiger partial charge in [-0.2, -0.15) is 0 Å². The van der Waals surface area contributed by atoms with Crippen LogP contribution in [0.25, 0.3) is 75.1 Å². The number of hydrogen-bond acceptors (Lipinski definition) is 1. The van der Waals surface area contributed by atoms with Crippen LogP contribution in [0.3, 0.4) is 0 Å². The molecule has 182 valence electrons. The summed E-state index contributed by atoms with van der Waals surface area (Å²) in [6.07, 6.45) is 0.